The highest BCUT2D eigenvalue weighted by molar-refractivity contribution is 6.01. The summed E-state index contributed by atoms with van der Waals surface area (Å²) in [6.45, 7) is 7.22. The smallest absolute Gasteiger partial charge is 0.249 e. The number of benzene rings is 2. The van der Waals surface area contributed by atoms with Gasteiger partial charge in [0.05, 0.1) is 5.52 Å². The summed E-state index contributed by atoms with van der Waals surface area (Å²) >= 11 is 0. The van der Waals surface area contributed by atoms with Crippen LogP contribution < -0.4 is 10.2 Å². The lowest BCUT2D eigenvalue weighted by Crippen LogP contribution is -2.51. The minimum atomic E-state index is -1.09. The average Bonchev–Trinajstić information content (AvgIpc) is 3.27. The van der Waals surface area contributed by atoms with Gasteiger partial charge in [-0.2, -0.15) is 0 Å². The largest absolute Gasteiger partial charge is 0.349 e. The molecule has 0 saturated heterocycles. The van der Waals surface area contributed by atoms with Gasteiger partial charge in [-0.1, -0.05) is 36.4 Å². The summed E-state index contributed by atoms with van der Waals surface area (Å²) in [5, 5.41) is 11.3. The molecular formula is C27H29FN6O2. The van der Waals surface area contributed by atoms with Crippen molar-refractivity contribution in [2.45, 2.75) is 52.2 Å². The molecule has 0 unspecified atom stereocenters. The van der Waals surface area contributed by atoms with Crippen molar-refractivity contribution in [2.75, 3.05) is 4.90 Å². The Morgan fingerprint density at radius 2 is 1.92 bits per heavy atom. The normalized spacial score (nSPS) is 12.4. The summed E-state index contributed by atoms with van der Waals surface area (Å²) in [7, 11) is 0. The van der Waals surface area contributed by atoms with Crippen LogP contribution in [0.15, 0.2) is 67.0 Å². The van der Waals surface area contributed by atoms with Crippen LogP contribution in [-0.2, 0) is 16.1 Å². The molecule has 8 nitrogen and oxygen atoms in total. The zero-order valence-corrected chi connectivity index (χ0v) is 20.8. The van der Waals surface area contributed by atoms with Gasteiger partial charge < -0.3 is 5.32 Å². The SMILES string of the molecule is CCC(C)(C)NC(=O)[C@@H](c1cccnc1)N(C(=O)Cn1nnc2ccccc21)c1ccc(C)c(F)c1. The first kappa shape index (κ1) is 25.0. The lowest BCUT2D eigenvalue weighted by molar-refractivity contribution is -0.128. The lowest BCUT2D eigenvalue weighted by atomic mass is 9.99. The number of rotatable bonds is 8. The number of para-hydroxylation sites is 1. The Labute approximate surface area is 209 Å². The van der Waals surface area contributed by atoms with Crippen LogP contribution in [0.3, 0.4) is 0 Å². The summed E-state index contributed by atoms with van der Waals surface area (Å²) in [4.78, 5) is 33.1. The van der Waals surface area contributed by atoms with Gasteiger partial charge >= 0.3 is 0 Å². The van der Waals surface area contributed by atoms with E-state index in [-0.39, 0.29) is 12.2 Å². The maximum absolute atomic E-state index is 14.7. The number of aromatic nitrogens is 4. The molecule has 0 aliphatic carbocycles. The summed E-state index contributed by atoms with van der Waals surface area (Å²) < 4.78 is 16.2. The summed E-state index contributed by atoms with van der Waals surface area (Å²) in [5.74, 6) is -1.32. The van der Waals surface area contributed by atoms with Crippen molar-refractivity contribution in [1.82, 2.24) is 25.3 Å². The molecule has 0 saturated carbocycles. The predicted molar refractivity (Wildman–Crippen MR) is 136 cm³/mol. The van der Waals surface area contributed by atoms with Crippen molar-refractivity contribution >= 4 is 28.5 Å². The minimum absolute atomic E-state index is 0.197. The van der Waals surface area contributed by atoms with E-state index < -0.39 is 29.2 Å². The van der Waals surface area contributed by atoms with Crippen LogP contribution in [-0.4, -0.2) is 37.3 Å². The average molecular weight is 489 g/mol. The highest BCUT2D eigenvalue weighted by Gasteiger charge is 2.35. The van der Waals surface area contributed by atoms with E-state index in [9.17, 15) is 14.0 Å². The Bertz CT molecular complexity index is 1390. The van der Waals surface area contributed by atoms with Crippen molar-refractivity contribution in [3.63, 3.8) is 0 Å². The second-order valence-electron chi connectivity index (χ2n) is 9.35. The van der Waals surface area contributed by atoms with Crippen molar-refractivity contribution in [3.05, 3.63) is 83.9 Å². The molecule has 0 bridgehead atoms. The molecule has 0 radical (unpaired) electrons. The van der Waals surface area contributed by atoms with E-state index in [4.69, 9.17) is 0 Å². The third-order valence-corrected chi connectivity index (χ3v) is 6.26. The number of hydrogen-bond acceptors (Lipinski definition) is 5. The monoisotopic (exact) mass is 488 g/mol. The number of anilines is 1. The number of nitrogens with one attached hydrogen (secondary N) is 1. The zero-order chi connectivity index (χ0) is 25.9. The highest BCUT2D eigenvalue weighted by Crippen LogP contribution is 2.30. The molecular weight excluding hydrogens is 459 g/mol. The number of fused-ring (bicyclic) bond motifs is 1. The van der Waals surface area contributed by atoms with Crippen LogP contribution >= 0.6 is 0 Å². The standard InChI is InChI=1S/C27H29FN6O2/c1-5-27(3,4)30-26(36)25(19-9-8-14-29-16-19)34(20-13-12-18(2)21(28)15-20)24(35)17-33-23-11-7-6-10-22(23)31-32-33/h6-16,25H,5,17H2,1-4H3,(H,30,36)/t25-/m1/s1. The van der Waals surface area contributed by atoms with Gasteiger partial charge in [0.2, 0.25) is 11.8 Å². The number of amides is 2. The molecule has 4 aromatic rings. The molecule has 0 aliphatic heterocycles. The van der Waals surface area contributed by atoms with Crippen molar-refractivity contribution in [3.8, 4) is 0 Å². The number of carbonyl (C=O) groups is 2. The van der Waals surface area contributed by atoms with E-state index >= 15 is 0 Å². The van der Waals surface area contributed by atoms with Gasteiger partial charge in [-0.3, -0.25) is 19.5 Å². The maximum atomic E-state index is 14.7. The molecule has 2 aromatic heterocycles. The number of nitrogens with zero attached hydrogens (tertiary/aromatic N) is 5. The number of pyridine rings is 1. The molecule has 1 N–H and O–H groups in total. The summed E-state index contributed by atoms with van der Waals surface area (Å²) in [6.07, 6.45) is 3.81. The van der Waals surface area contributed by atoms with E-state index in [1.54, 1.807) is 49.6 Å². The predicted octanol–water partition coefficient (Wildman–Crippen LogP) is 4.35. The fraction of sp³-hybridized carbons (Fsp3) is 0.296. The van der Waals surface area contributed by atoms with E-state index in [1.165, 1.54) is 15.6 Å². The molecule has 0 fully saturated rings. The molecule has 0 aliphatic rings. The third-order valence-electron chi connectivity index (χ3n) is 6.26. The molecule has 2 amide bonds. The van der Waals surface area contributed by atoms with Gasteiger partial charge in [0.1, 0.15) is 23.9 Å². The molecule has 186 valence electrons. The first-order chi connectivity index (χ1) is 17.2. The van der Waals surface area contributed by atoms with Crippen molar-refractivity contribution in [1.29, 1.82) is 0 Å². The highest BCUT2D eigenvalue weighted by atomic mass is 19.1. The third kappa shape index (κ3) is 5.25. The lowest BCUT2D eigenvalue weighted by Gasteiger charge is -2.34. The number of carbonyl (C=O) groups excluding carboxylic acids is 2. The molecule has 9 heteroatoms. The molecule has 4 rings (SSSR count). The molecule has 36 heavy (non-hydrogen) atoms. The summed E-state index contributed by atoms with van der Waals surface area (Å²) in [6, 6.07) is 14.1. The van der Waals surface area contributed by atoms with Crippen LogP contribution in [0.2, 0.25) is 0 Å². The van der Waals surface area contributed by atoms with E-state index in [0.29, 0.717) is 28.6 Å². The fourth-order valence-corrected chi connectivity index (χ4v) is 3.85. The van der Waals surface area contributed by atoms with Gasteiger partial charge in [0.25, 0.3) is 0 Å². The Morgan fingerprint density at radius 1 is 1.14 bits per heavy atom. The van der Waals surface area contributed by atoms with Crippen molar-refractivity contribution in [2.24, 2.45) is 0 Å². The summed E-state index contributed by atoms with van der Waals surface area (Å²) in [5.41, 5.74) is 1.99. The zero-order valence-electron chi connectivity index (χ0n) is 20.8. The van der Waals surface area contributed by atoms with Crippen LogP contribution in [0.1, 0.15) is 44.4 Å². The second kappa shape index (κ2) is 10.2. The van der Waals surface area contributed by atoms with Crippen LogP contribution in [0.4, 0.5) is 10.1 Å². The molecule has 0 spiro atoms. The number of halogens is 1. The Morgan fingerprint density at radius 3 is 2.61 bits per heavy atom. The van der Waals surface area contributed by atoms with Crippen LogP contribution in [0.25, 0.3) is 11.0 Å². The van der Waals surface area contributed by atoms with E-state index in [0.717, 1.165) is 0 Å². The first-order valence-corrected chi connectivity index (χ1v) is 11.8. The van der Waals surface area contributed by atoms with Crippen LogP contribution in [0.5, 0.6) is 0 Å². The molecule has 2 heterocycles. The van der Waals surface area contributed by atoms with Gasteiger partial charge in [-0.15, -0.1) is 5.10 Å². The first-order valence-electron chi connectivity index (χ1n) is 11.8. The topological polar surface area (TPSA) is 93.0 Å². The van der Waals surface area contributed by atoms with Gasteiger partial charge in [0.15, 0.2) is 0 Å². The second-order valence-corrected chi connectivity index (χ2v) is 9.35. The van der Waals surface area contributed by atoms with Gasteiger partial charge in [-0.25, -0.2) is 9.07 Å². The number of hydrogen-bond donors (Lipinski definition) is 1. The Balaban J connectivity index is 1.82. The molecule has 2 aromatic carbocycles. The quantitative estimate of drug-likeness (QED) is 0.398. The maximum Gasteiger partial charge on any atom is 0.249 e. The minimum Gasteiger partial charge on any atom is -0.349 e. The van der Waals surface area contributed by atoms with E-state index in [2.05, 4.69) is 20.6 Å². The van der Waals surface area contributed by atoms with Gasteiger partial charge in [-0.05, 0) is 63.1 Å². The number of aryl methyl sites for hydroxylation is 1. The van der Waals surface area contributed by atoms with Crippen LogP contribution in [0, 0.1) is 12.7 Å². The molecule has 1 atom stereocenters. The fourth-order valence-electron chi connectivity index (χ4n) is 3.85. The van der Waals surface area contributed by atoms with Crippen molar-refractivity contribution < 1.29 is 14.0 Å². The Kier molecular flexibility index (Phi) is 7.10. The van der Waals surface area contributed by atoms with E-state index in [1.807, 2.05) is 39.0 Å². The Hall–Kier alpha value is -4.14. The van der Waals surface area contributed by atoms with Gasteiger partial charge in [0, 0.05) is 29.2 Å².